The maximum absolute atomic E-state index is 12.3. The van der Waals surface area contributed by atoms with E-state index in [0.29, 0.717) is 42.4 Å². The van der Waals surface area contributed by atoms with E-state index in [1.165, 1.54) is 0 Å². The van der Waals surface area contributed by atoms with E-state index < -0.39 is 6.04 Å². The van der Waals surface area contributed by atoms with Gasteiger partial charge in [0, 0.05) is 25.3 Å². The lowest BCUT2D eigenvalue weighted by molar-refractivity contribution is -0.121. The van der Waals surface area contributed by atoms with Gasteiger partial charge in [0.15, 0.2) is 5.82 Å². The molecular formula is C20H25N5O4. The Hall–Kier alpha value is -3.23. The summed E-state index contributed by atoms with van der Waals surface area (Å²) in [5.41, 5.74) is 0.887. The number of para-hydroxylation sites is 1. The summed E-state index contributed by atoms with van der Waals surface area (Å²) in [6.45, 7) is 4.45. The second-order valence-electron chi connectivity index (χ2n) is 7.25. The fraction of sp³-hybridized carbons (Fsp3) is 0.450. The van der Waals surface area contributed by atoms with Crippen LogP contribution in [0.1, 0.15) is 61.1 Å². The molecule has 2 heterocycles. The van der Waals surface area contributed by atoms with Crippen LogP contribution in [0.3, 0.4) is 0 Å². The number of carbonyl (C=O) groups is 3. The number of aryl methyl sites for hydroxylation is 1. The van der Waals surface area contributed by atoms with Crippen molar-refractivity contribution in [2.75, 3.05) is 11.9 Å². The van der Waals surface area contributed by atoms with E-state index in [2.05, 4.69) is 26.1 Å². The van der Waals surface area contributed by atoms with Gasteiger partial charge in [-0.2, -0.15) is 4.98 Å². The van der Waals surface area contributed by atoms with Crippen LogP contribution < -0.4 is 16.0 Å². The van der Waals surface area contributed by atoms with Crippen LogP contribution in [-0.2, 0) is 16.0 Å². The first-order valence-corrected chi connectivity index (χ1v) is 9.74. The molecule has 0 saturated carbocycles. The summed E-state index contributed by atoms with van der Waals surface area (Å²) in [4.78, 5) is 41.0. The molecule has 0 saturated heterocycles. The van der Waals surface area contributed by atoms with Crippen LogP contribution in [0.25, 0.3) is 0 Å². The molecule has 0 fully saturated rings. The Balaban J connectivity index is 1.40. The lowest BCUT2D eigenvalue weighted by atomic mass is 10.1. The normalized spacial score (nSPS) is 16.0. The highest BCUT2D eigenvalue weighted by Crippen LogP contribution is 2.19. The molecule has 9 nitrogen and oxygen atoms in total. The predicted octanol–water partition coefficient (Wildman–Crippen LogP) is 1.77. The van der Waals surface area contributed by atoms with Crippen molar-refractivity contribution in [2.24, 2.45) is 0 Å². The van der Waals surface area contributed by atoms with Gasteiger partial charge in [-0.3, -0.25) is 14.4 Å². The van der Waals surface area contributed by atoms with Crippen LogP contribution in [0.2, 0.25) is 0 Å². The van der Waals surface area contributed by atoms with E-state index in [0.717, 1.165) is 0 Å². The minimum Gasteiger partial charge on any atom is -0.356 e. The highest BCUT2D eigenvalue weighted by molar-refractivity contribution is 6.09. The first kappa shape index (κ1) is 20.5. The summed E-state index contributed by atoms with van der Waals surface area (Å²) in [6.07, 6.45) is 1.60. The molecule has 1 aromatic carbocycles. The third-order valence-corrected chi connectivity index (χ3v) is 4.60. The number of benzene rings is 1. The number of hydrogen-bond donors (Lipinski definition) is 3. The summed E-state index contributed by atoms with van der Waals surface area (Å²) in [5, 5.41) is 12.1. The van der Waals surface area contributed by atoms with Gasteiger partial charge in [-0.15, -0.1) is 0 Å². The van der Waals surface area contributed by atoms with E-state index in [4.69, 9.17) is 4.52 Å². The van der Waals surface area contributed by atoms with Gasteiger partial charge >= 0.3 is 0 Å². The van der Waals surface area contributed by atoms with Crippen molar-refractivity contribution in [2.45, 2.75) is 51.5 Å². The number of amides is 3. The molecule has 1 atom stereocenters. The lowest BCUT2D eigenvalue weighted by Crippen LogP contribution is -2.42. The summed E-state index contributed by atoms with van der Waals surface area (Å²) in [7, 11) is 0. The van der Waals surface area contributed by atoms with Crippen LogP contribution in [0.4, 0.5) is 5.69 Å². The molecule has 3 N–H and O–H groups in total. The van der Waals surface area contributed by atoms with Crippen LogP contribution in [-0.4, -0.2) is 40.4 Å². The number of rotatable bonds is 8. The molecule has 9 heteroatoms. The standard InChI is InChI=1S/C20H25N5O4/c1-12(2)18-24-17(29-25-18)8-5-11-21-16(26)10-9-15-20(28)22-14-7-4-3-6-13(14)19(27)23-15/h3-4,6-7,12,15H,5,8-11H2,1-2H3,(H,21,26)(H,22,28)(H,23,27)/t15-/m0/s1. The van der Waals surface area contributed by atoms with E-state index in [-0.39, 0.29) is 36.5 Å². The number of fused-ring (bicyclic) bond motifs is 1. The largest absolute Gasteiger partial charge is 0.356 e. The van der Waals surface area contributed by atoms with Gasteiger partial charge < -0.3 is 20.5 Å². The summed E-state index contributed by atoms with van der Waals surface area (Å²) >= 11 is 0. The molecule has 1 aliphatic rings. The smallest absolute Gasteiger partial charge is 0.254 e. The minimum atomic E-state index is -0.756. The zero-order valence-electron chi connectivity index (χ0n) is 16.5. The van der Waals surface area contributed by atoms with Crippen LogP contribution in [0.5, 0.6) is 0 Å². The van der Waals surface area contributed by atoms with Gasteiger partial charge in [0.05, 0.1) is 11.3 Å². The monoisotopic (exact) mass is 399 g/mol. The van der Waals surface area contributed by atoms with Gasteiger partial charge in [0.25, 0.3) is 5.91 Å². The predicted molar refractivity (Wildman–Crippen MR) is 105 cm³/mol. The average Bonchev–Trinajstić information content (AvgIpc) is 3.13. The number of hydrogen-bond acceptors (Lipinski definition) is 6. The van der Waals surface area contributed by atoms with Crippen LogP contribution in [0.15, 0.2) is 28.8 Å². The molecule has 1 aliphatic heterocycles. The fourth-order valence-electron chi connectivity index (χ4n) is 2.95. The van der Waals surface area contributed by atoms with Crippen molar-refractivity contribution in [1.82, 2.24) is 20.8 Å². The topological polar surface area (TPSA) is 126 Å². The molecule has 3 amide bonds. The Morgan fingerprint density at radius 2 is 2.07 bits per heavy atom. The molecular weight excluding hydrogens is 374 g/mol. The van der Waals surface area contributed by atoms with Crippen molar-refractivity contribution >= 4 is 23.4 Å². The third kappa shape index (κ3) is 5.40. The Morgan fingerprint density at radius 3 is 2.83 bits per heavy atom. The molecule has 0 spiro atoms. The Bertz CT molecular complexity index is 893. The molecule has 0 unspecified atom stereocenters. The van der Waals surface area contributed by atoms with E-state index >= 15 is 0 Å². The number of carbonyl (C=O) groups excluding carboxylic acids is 3. The number of nitrogens with one attached hydrogen (secondary N) is 3. The quantitative estimate of drug-likeness (QED) is 0.581. The SMILES string of the molecule is CC(C)c1noc(CCCNC(=O)CC[C@@H]2NC(=O)c3ccccc3NC2=O)n1. The van der Waals surface area contributed by atoms with Gasteiger partial charge in [-0.05, 0) is 25.0 Å². The molecule has 3 rings (SSSR count). The molecule has 0 radical (unpaired) electrons. The van der Waals surface area contributed by atoms with Gasteiger partial charge in [-0.25, -0.2) is 0 Å². The fourth-order valence-corrected chi connectivity index (χ4v) is 2.95. The first-order valence-electron chi connectivity index (χ1n) is 9.74. The van der Waals surface area contributed by atoms with Crippen LogP contribution >= 0.6 is 0 Å². The number of anilines is 1. The van der Waals surface area contributed by atoms with Crippen molar-refractivity contribution in [3.63, 3.8) is 0 Å². The van der Waals surface area contributed by atoms with Crippen molar-refractivity contribution in [1.29, 1.82) is 0 Å². The number of aromatic nitrogens is 2. The van der Waals surface area contributed by atoms with Gasteiger partial charge in [-0.1, -0.05) is 31.1 Å². The maximum Gasteiger partial charge on any atom is 0.254 e. The molecule has 29 heavy (non-hydrogen) atoms. The second kappa shape index (κ2) is 9.31. The molecule has 1 aromatic heterocycles. The Labute approximate surface area is 168 Å². The zero-order chi connectivity index (χ0) is 20.8. The molecule has 154 valence electrons. The lowest BCUT2D eigenvalue weighted by Gasteiger charge is -2.14. The van der Waals surface area contributed by atoms with Gasteiger partial charge in [0.1, 0.15) is 6.04 Å². The summed E-state index contributed by atoms with van der Waals surface area (Å²) < 4.78 is 5.16. The maximum atomic E-state index is 12.3. The van der Waals surface area contributed by atoms with Crippen molar-refractivity contribution < 1.29 is 18.9 Å². The van der Waals surface area contributed by atoms with E-state index in [9.17, 15) is 14.4 Å². The van der Waals surface area contributed by atoms with Crippen LogP contribution in [0, 0.1) is 0 Å². The van der Waals surface area contributed by atoms with E-state index in [1.54, 1.807) is 24.3 Å². The van der Waals surface area contributed by atoms with Crippen molar-refractivity contribution in [3.05, 3.63) is 41.5 Å². The van der Waals surface area contributed by atoms with Gasteiger partial charge in [0.2, 0.25) is 17.7 Å². The summed E-state index contributed by atoms with van der Waals surface area (Å²) in [5.74, 6) is 0.609. The Kier molecular flexibility index (Phi) is 6.58. The molecule has 0 aliphatic carbocycles. The average molecular weight is 399 g/mol. The molecule has 0 bridgehead atoms. The highest BCUT2D eigenvalue weighted by atomic mass is 16.5. The zero-order valence-corrected chi connectivity index (χ0v) is 16.5. The molecule has 2 aromatic rings. The third-order valence-electron chi connectivity index (χ3n) is 4.60. The first-order chi connectivity index (χ1) is 13.9. The number of nitrogens with zero attached hydrogens (tertiary/aromatic N) is 2. The van der Waals surface area contributed by atoms with E-state index in [1.807, 2.05) is 13.8 Å². The second-order valence-corrected chi connectivity index (χ2v) is 7.25. The minimum absolute atomic E-state index is 0.132. The summed E-state index contributed by atoms with van der Waals surface area (Å²) in [6, 6.07) is 6.05. The Morgan fingerprint density at radius 1 is 1.28 bits per heavy atom. The highest BCUT2D eigenvalue weighted by Gasteiger charge is 2.27. The van der Waals surface area contributed by atoms with Crippen molar-refractivity contribution in [3.8, 4) is 0 Å².